The van der Waals surface area contributed by atoms with Crippen molar-refractivity contribution in [2.45, 2.75) is 38.0 Å². The fourth-order valence-electron chi connectivity index (χ4n) is 11.4. The summed E-state index contributed by atoms with van der Waals surface area (Å²) in [6.45, 7) is 0. The highest BCUT2D eigenvalue weighted by molar-refractivity contribution is 6.14. The van der Waals surface area contributed by atoms with Gasteiger partial charge in [0.05, 0.1) is 22.4 Å². The molecule has 1 aliphatic rings. The van der Waals surface area contributed by atoms with Gasteiger partial charge in [0.15, 0.2) is 0 Å². The molecule has 2 heterocycles. The Morgan fingerprint density at radius 3 is 1.76 bits per heavy atom. The van der Waals surface area contributed by atoms with Crippen LogP contribution in [0.4, 0.5) is 17.1 Å². The number of benzene rings is 10. The predicted molar refractivity (Wildman–Crippen MR) is 282 cm³/mol. The van der Waals surface area contributed by atoms with Crippen molar-refractivity contribution in [1.82, 2.24) is 4.57 Å². The van der Waals surface area contributed by atoms with E-state index in [-0.39, 0.29) is 0 Å². The topological polar surface area (TPSA) is 21.3 Å². The van der Waals surface area contributed by atoms with Gasteiger partial charge in [-0.05, 0) is 124 Å². The minimum Gasteiger partial charge on any atom is -0.456 e. The summed E-state index contributed by atoms with van der Waals surface area (Å²) < 4.78 is 8.86. The van der Waals surface area contributed by atoms with Gasteiger partial charge in [-0.3, -0.25) is 0 Å². The zero-order valence-electron chi connectivity index (χ0n) is 37.3. The third-order valence-electron chi connectivity index (χ3n) is 14.4. The standard InChI is InChI=1S/C64H48N2O/c1-3-18-44(19-4-1)49-28-15-20-45-21-16-29-53(63(45)49)50-24-7-11-31-57(50)66(58-32-12-8-25-51(58)54-30-17-35-62-64(54)55-27-10-14-34-61(55)67-62)48-39-36-43(37-40-48)46-38-41-60-56(42-46)52-26-9-13-33-59(52)65(60)47-22-5-2-6-23-47/h2,5-17,20-42,44H,1,3-4,18-19H2. The van der Waals surface area contributed by atoms with E-state index >= 15 is 0 Å². The van der Waals surface area contributed by atoms with Crippen LogP contribution in [0, 0.1) is 0 Å². The summed E-state index contributed by atoms with van der Waals surface area (Å²) in [5.74, 6) is 0.564. The maximum Gasteiger partial charge on any atom is 0.136 e. The number of anilines is 3. The van der Waals surface area contributed by atoms with Gasteiger partial charge in [0, 0.05) is 44.0 Å². The van der Waals surface area contributed by atoms with E-state index in [0.29, 0.717) is 5.92 Å². The molecular weight excluding hydrogens is 813 g/mol. The lowest BCUT2D eigenvalue weighted by atomic mass is 9.80. The second-order valence-corrected chi connectivity index (χ2v) is 18.2. The highest BCUT2D eigenvalue weighted by Crippen LogP contribution is 2.49. The molecule has 12 aromatic rings. The number of nitrogens with zero attached hydrogens (tertiary/aromatic N) is 2. The Morgan fingerprint density at radius 1 is 0.403 bits per heavy atom. The number of para-hydroxylation sites is 5. The van der Waals surface area contributed by atoms with Gasteiger partial charge in [0.25, 0.3) is 0 Å². The van der Waals surface area contributed by atoms with Crippen molar-refractivity contribution >= 4 is 71.6 Å². The van der Waals surface area contributed by atoms with E-state index < -0.39 is 0 Å². The SMILES string of the molecule is c1ccc(-n2c3ccccc3c3cc(-c4ccc(N(c5ccccc5-c5cccc6cccc(C7CCCCC7)c56)c5ccccc5-c5cccc6oc7ccccc7c56)cc4)ccc32)cc1. The van der Waals surface area contributed by atoms with Crippen LogP contribution in [-0.4, -0.2) is 4.57 Å². The van der Waals surface area contributed by atoms with Crippen molar-refractivity contribution in [2.24, 2.45) is 0 Å². The molecule has 0 atom stereocenters. The maximum atomic E-state index is 6.48. The first-order chi connectivity index (χ1) is 33.3. The van der Waals surface area contributed by atoms with Crippen molar-refractivity contribution in [3.8, 4) is 39.1 Å². The van der Waals surface area contributed by atoms with Gasteiger partial charge >= 0.3 is 0 Å². The molecule has 10 aromatic carbocycles. The average Bonchev–Trinajstić information content (AvgIpc) is 3.95. The molecule has 13 rings (SSSR count). The Bertz CT molecular complexity index is 3790. The van der Waals surface area contributed by atoms with Crippen LogP contribution in [-0.2, 0) is 0 Å². The molecule has 0 aliphatic heterocycles. The van der Waals surface area contributed by atoms with E-state index in [4.69, 9.17) is 4.42 Å². The fraction of sp³-hybridized carbons (Fsp3) is 0.0938. The van der Waals surface area contributed by atoms with Crippen LogP contribution in [0.1, 0.15) is 43.6 Å². The van der Waals surface area contributed by atoms with Crippen LogP contribution in [0.3, 0.4) is 0 Å². The zero-order chi connectivity index (χ0) is 44.3. The number of hydrogen-bond acceptors (Lipinski definition) is 2. The summed E-state index contributed by atoms with van der Waals surface area (Å²) in [7, 11) is 0. The normalized spacial score (nSPS) is 13.3. The molecule has 1 fully saturated rings. The van der Waals surface area contributed by atoms with Crippen LogP contribution in [0.2, 0.25) is 0 Å². The quantitative estimate of drug-likeness (QED) is 0.152. The average molecular weight is 861 g/mol. The second-order valence-electron chi connectivity index (χ2n) is 18.2. The molecule has 0 saturated heterocycles. The molecule has 0 amide bonds. The van der Waals surface area contributed by atoms with Gasteiger partial charge in [-0.15, -0.1) is 0 Å². The Hall–Kier alpha value is -8.14. The van der Waals surface area contributed by atoms with Crippen molar-refractivity contribution in [1.29, 1.82) is 0 Å². The third-order valence-corrected chi connectivity index (χ3v) is 14.4. The highest BCUT2D eigenvalue weighted by Gasteiger charge is 2.25. The van der Waals surface area contributed by atoms with E-state index in [2.05, 4.69) is 234 Å². The largest absolute Gasteiger partial charge is 0.456 e. The first kappa shape index (κ1) is 39.2. The van der Waals surface area contributed by atoms with E-state index in [1.807, 2.05) is 0 Å². The van der Waals surface area contributed by atoms with E-state index in [0.717, 1.165) is 55.8 Å². The molecule has 0 N–H and O–H groups in total. The predicted octanol–water partition coefficient (Wildman–Crippen LogP) is 18.4. The number of rotatable bonds is 8. The minimum atomic E-state index is 0.564. The van der Waals surface area contributed by atoms with Gasteiger partial charge in [-0.1, -0.05) is 177 Å². The Morgan fingerprint density at radius 2 is 0.985 bits per heavy atom. The molecule has 3 nitrogen and oxygen atoms in total. The zero-order valence-corrected chi connectivity index (χ0v) is 37.3. The van der Waals surface area contributed by atoms with Gasteiger partial charge in [-0.2, -0.15) is 0 Å². The Kier molecular flexibility index (Phi) is 9.60. The van der Waals surface area contributed by atoms with Crippen molar-refractivity contribution < 1.29 is 4.42 Å². The number of aromatic nitrogens is 1. The number of furan rings is 1. The van der Waals surface area contributed by atoms with Crippen LogP contribution >= 0.6 is 0 Å². The first-order valence-electron chi connectivity index (χ1n) is 23.9. The van der Waals surface area contributed by atoms with Gasteiger partial charge in [0.1, 0.15) is 11.2 Å². The lowest BCUT2D eigenvalue weighted by molar-refractivity contribution is 0.445. The molecule has 67 heavy (non-hydrogen) atoms. The molecule has 320 valence electrons. The second kappa shape index (κ2) is 16.4. The van der Waals surface area contributed by atoms with Crippen molar-refractivity contribution in [2.75, 3.05) is 4.90 Å². The molecule has 1 aliphatic carbocycles. The smallest absolute Gasteiger partial charge is 0.136 e. The summed E-state index contributed by atoms with van der Waals surface area (Å²) in [5, 5.41) is 7.42. The maximum absolute atomic E-state index is 6.48. The summed E-state index contributed by atoms with van der Waals surface area (Å²) in [6, 6.07) is 82.3. The van der Waals surface area contributed by atoms with Gasteiger partial charge in [0.2, 0.25) is 0 Å². The van der Waals surface area contributed by atoms with Crippen molar-refractivity contribution in [3.05, 3.63) is 230 Å². The monoisotopic (exact) mass is 860 g/mol. The fourth-order valence-corrected chi connectivity index (χ4v) is 11.4. The van der Waals surface area contributed by atoms with E-state index in [1.54, 1.807) is 0 Å². The third kappa shape index (κ3) is 6.64. The molecule has 1 saturated carbocycles. The summed E-state index contributed by atoms with van der Waals surface area (Å²) in [6.07, 6.45) is 6.42. The number of hydrogen-bond donors (Lipinski definition) is 0. The van der Waals surface area contributed by atoms with Crippen LogP contribution in [0.15, 0.2) is 229 Å². The minimum absolute atomic E-state index is 0.564. The highest BCUT2D eigenvalue weighted by atomic mass is 16.3. The van der Waals surface area contributed by atoms with Gasteiger partial charge < -0.3 is 13.9 Å². The number of fused-ring (bicyclic) bond motifs is 7. The van der Waals surface area contributed by atoms with Crippen molar-refractivity contribution in [3.63, 3.8) is 0 Å². The molecule has 2 aromatic heterocycles. The summed E-state index contributed by atoms with van der Waals surface area (Å²) in [4.78, 5) is 2.49. The molecule has 0 spiro atoms. The lowest BCUT2D eigenvalue weighted by Gasteiger charge is -2.31. The Balaban J connectivity index is 1.01. The summed E-state index contributed by atoms with van der Waals surface area (Å²) >= 11 is 0. The molecule has 0 radical (unpaired) electrons. The molecule has 0 bridgehead atoms. The molecule has 3 heteroatoms. The van der Waals surface area contributed by atoms with E-state index in [1.165, 1.54) is 92.5 Å². The van der Waals surface area contributed by atoms with Gasteiger partial charge in [-0.25, -0.2) is 0 Å². The summed E-state index contributed by atoms with van der Waals surface area (Å²) in [5.41, 5.74) is 17.3. The van der Waals surface area contributed by atoms with Crippen LogP contribution in [0.25, 0.3) is 93.6 Å². The molecule has 0 unspecified atom stereocenters. The molecular formula is C64H48N2O. The Labute approximate surface area is 390 Å². The lowest BCUT2D eigenvalue weighted by Crippen LogP contribution is -2.12. The van der Waals surface area contributed by atoms with Crippen LogP contribution < -0.4 is 4.90 Å². The first-order valence-corrected chi connectivity index (χ1v) is 23.9. The van der Waals surface area contributed by atoms with E-state index in [9.17, 15) is 0 Å². The van der Waals surface area contributed by atoms with Crippen LogP contribution in [0.5, 0.6) is 0 Å².